The van der Waals surface area contributed by atoms with E-state index in [4.69, 9.17) is 0 Å². The fourth-order valence-electron chi connectivity index (χ4n) is 3.17. The van der Waals surface area contributed by atoms with Gasteiger partial charge >= 0.3 is 17.1 Å². The minimum atomic E-state index is -1.12. The number of hydrogen-bond donors (Lipinski definition) is 0. The van der Waals surface area contributed by atoms with Gasteiger partial charge in [0.25, 0.3) is 0 Å². The van der Waals surface area contributed by atoms with E-state index in [0.29, 0.717) is 0 Å². The summed E-state index contributed by atoms with van der Waals surface area (Å²) in [4.78, 5) is 0. The van der Waals surface area contributed by atoms with Crippen molar-refractivity contribution >= 4 is 48.1 Å². The van der Waals surface area contributed by atoms with Crippen LogP contribution in [0.1, 0.15) is 0 Å². The van der Waals surface area contributed by atoms with Crippen molar-refractivity contribution in [3.63, 3.8) is 0 Å². The molecule has 0 heterocycles. The molecule has 0 aliphatic rings. The van der Waals surface area contributed by atoms with E-state index in [9.17, 15) is 0 Å². The number of benzene rings is 2. The summed E-state index contributed by atoms with van der Waals surface area (Å²) in [6.07, 6.45) is 0. The first-order chi connectivity index (χ1) is 12.1. The maximum atomic E-state index is 2.39. The van der Waals surface area contributed by atoms with Crippen LogP contribution < -0.4 is 10.4 Å². The Morgan fingerprint density at radius 3 is 2.04 bits per heavy atom. The van der Waals surface area contributed by atoms with Crippen LogP contribution in [-0.4, -0.2) is 16.1 Å². The first-order valence-electron chi connectivity index (χ1n) is 9.46. The summed E-state index contributed by atoms with van der Waals surface area (Å²) in [6, 6.07) is 26.6. The number of fused-ring (bicyclic) bond motifs is 2. The van der Waals surface area contributed by atoms with Gasteiger partial charge in [0, 0.05) is 8.07 Å². The molecule has 0 N–H and O–H groups in total. The van der Waals surface area contributed by atoms with E-state index in [-0.39, 0.29) is 17.1 Å². The van der Waals surface area contributed by atoms with Gasteiger partial charge in [-0.25, -0.2) is 0 Å². The molecule has 0 spiro atoms. The third-order valence-corrected chi connectivity index (χ3v) is 9.01. The summed E-state index contributed by atoms with van der Waals surface area (Å²) in [7, 11) is -2.23. The van der Waals surface area contributed by atoms with E-state index in [0.717, 1.165) is 0 Å². The van der Waals surface area contributed by atoms with Crippen molar-refractivity contribution in [2.45, 2.75) is 39.3 Å². The molecular formula is C24H30MnSi2. The Balaban J connectivity index is 0.000000187. The second kappa shape index (κ2) is 8.32. The third kappa shape index (κ3) is 5.33. The number of rotatable bonds is 2. The van der Waals surface area contributed by atoms with Crippen LogP contribution in [0.2, 0.25) is 39.3 Å². The van der Waals surface area contributed by atoms with Gasteiger partial charge in [0.1, 0.15) is 0 Å². The minimum Gasteiger partial charge on any atom is -0.169 e. The quantitative estimate of drug-likeness (QED) is 0.263. The van der Waals surface area contributed by atoms with Crippen LogP contribution in [0.4, 0.5) is 0 Å². The standard InChI is InChI=1S/2C12H15Si.Mn/c2*1-13(2,3)12-8-10-6-4-5-7-11(10)9-12;/h2*4-9H,1-3H3;/q2*-1;+2. The van der Waals surface area contributed by atoms with Crippen molar-refractivity contribution in [1.82, 2.24) is 0 Å². The zero-order chi connectivity index (χ0) is 18.9. The zero-order valence-electron chi connectivity index (χ0n) is 17.3. The average molecular weight is 430 g/mol. The van der Waals surface area contributed by atoms with Crippen LogP contribution in [0, 0.1) is 0 Å². The van der Waals surface area contributed by atoms with Crippen LogP contribution >= 0.6 is 0 Å². The zero-order valence-corrected chi connectivity index (χ0v) is 20.5. The molecule has 0 nitrogen and oxygen atoms in total. The Hall–Kier alpha value is -1.39. The number of hydrogen-bond acceptors (Lipinski definition) is 0. The summed E-state index contributed by atoms with van der Waals surface area (Å²) >= 11 is 0. The maximum Gasteiger partial charge on any atom is 2.00 e. The molecule has 0 atom stereocenters. The fraction of sp³-hybridized carbons (Fsp3) is 0.250. The molecule has 0 aliphatic heterocycles. The molecule has 3 heteroatoms. The molecule has 0 bridgehead atoms. The van der Waals surface area contributed by atoms with E-state index >= 15 is 0 Å². The van der Waals surface area contributed by atoms with Crippen molar-refractivity contribution in [3.05, 3.63) is 72.8 Å². The normalized spacial score (nSPS) is 11.8. The van der Waals surface area contributed by atoms with Crippen LogP contribution in [0.15, 0.2) is 72.8 Å². The van der Waals surface area contributed by atoms with Gasteiger partial charge in [0.15, 0.2) is 0 Å². The van der Waals surface area contributed by atoms with E-state index in [2.05, 4.69) is 112 Å². The molecule has 4 rings (SSSR count). The molecule has 0 amide bonds. The van der Waals surface area contributed by atoms with E-state index < -0.39 is 16.1 Å². The van der Waals surface area contributed by atoms with Crippen molar-refractivity contribution in [3.8, 4) is 0 Å². The summed E-state index contributed by atoms with van der Waals surface area (Å²) in [5.41, 5.74) is 0. The molecule has 4 aromatic carbocycles. The summed E-state index contributed by atoms with van der Waals surface area (Å²) in [5, 5.41) is 8.68. The van der Waals surface area contributed by atoms with Crippen LogP contribution in [0.3, 0.4) is 0 Å². The van der Waals surface area contributed by atoms with Gasteiger partial charge in [0.2, 0.25) is 0 Å². The molecule has 0 saturated heterocycles. The van der Waals surface area contributed by atoms with Gasteiger partial charge in [-0.1, -0.05) is 50.7 Å². The Bertz CT molecular complexity index is 860. The predicted octanol–water partition coefficient (Wildman–Crippen LogP) is 6.21. The van der Waals surface area contributed by atoms with E-state index in [1.165, 1.54) is 21.5 Å². The molecule has 1 radical (unpaired) electrons. The second-order valence-corrected chi connectivity index (χ2v) is 19.4. The largest absolute Gasteiger partial charge is 2.00 e. The van der Waals surface area contributed by atoms with E-state index in [1.807, 2.05) is 0 Å². The van der Waals surface area contributed by atoms with Crippen LogP contribution in [-0.2, 0) is 17.1 Å². The van der Waals surface area contributed by atoms with Crippen molar-refractivity contribution in [2.75, 3.05) is 0 Å². The maximum absolute atomic E-state index is 2.39. The van der Waals surface area contributed by atoms with Crippen LogP contribution in [0.25, 0.3) is 21.5 Å². The molecule has 141 valence electrons. The SMILES string of the molecule is C[Si](C)(C)c1cc2cccc[c-]2c1.C[Si](C)(C)c1cc2ccccc2[cH-]1.[Mn+2]. The Morgan fingerprint density at radius 2 is 1.44 bits per heavy atom. The summed E-state index contributed by atoms with van der Waals surface area (Å²) in [5.74, 6) is 0. The van der Waals surface area contributed by atoms with Gasteiger partial charge in [-0.2, -0.15) is 17.5 Å². The molecule has 4 aromatic rings. The molecule has 0 unspecified atom stereocenters. The van der Waals surface area contributed by atoms with Crippen molar-refractivity contribution in [1.29, 1.82) is 0 Å². The third-order valence-electron chi connectivity index (χ3n) is 4.97. The van der Waals surface area contributed by atoms with Gasteiger partial charge in [-0.05, 0) is 0 Å². The van der Waals surface area contributed by atoms with Crippen molar-refractivity contribution in [2.24, 2.45) is 0 Å². The van der Waals surface area contributed by atoms with Gasteiger partial charge in [-0.3, -0.25) is 0 Å². The predicted molar refractivity (Wildman–Crippen MR) is 125 cm³/mol. The fourth-order valence-corrected chi connectivity index (χ4v) is 5.52. The molecular weight excluding hydrogens is 399 g/mol. The smallest absolute Gasteiger partial charge is 0.169 e. The van der Waals surface area contributed by atoms with Gasteiger partial charge in [0.05, 0.1) is 8.07 Å². The summed E-state index contributed by atoms with van der Waals surface area (Å²) in [6.45, 7) is 14.3. The Labute approximate surface area is 176 Å². The first-order valence-corrected chi connectivity index (χ1v) is 16.5. The van der Waals surface area contributed by atoms with Crippen LogP contribution in [0.5, 0.6) is 0 Å². The second-order valence-electron chi connectivity index (χ2n) is 9.25. The summed E-state index contributed by atoms with van der Waals surface area (Å²) < 4.78 is 0. The van der Waals surface area contributed by atoms with Gasteiger partial charge < -0.3 is 0 Å². The molecule has 27 heavy (non-hydrogen) atoms. The van der Waals surface area contributed by atoms with Crippen molar-refractivity contribution < 1.29 is 17.1 Å². The van der Waals surface area contributed by atoms with E-state index in [1.54, 1.807) is 10.4 Å². The topological polar surface area (TPSA) is 0 Å². The molecule has 0 fully saturated rings. The Kier molecular flexibility index (Phi) is 6.75. The molecule has 0 aliphatic carbocycles. The average Bonchev–Trinajstić information content (AvgIpc) is 3.19. The molecule has 0 aromatic heterocycles. The van der Waals surface area contributed by atoms with Gasteiger partial charge in [-0.15, -0.1) is 75.7 Å². The monoisotopic (exact) mass is 429 g/mol. The minimum absolute atomic E-state index is 0. The molecule has 0 saturated carbocycles. The Morgan fingerprint density at radius 1 is 0.778 bits per heavy atom. The first kappa shape index (κ1) is 21.9.